The Morgan fingerprint density at radius 1 is 1.11 bits per heavy atom. The largest absolute Gasteiger partial charge is 0.458 e. The lowest BCUT2D eigenvalue weighted by molar-refractivity contribution is 0.0901. The number of carbonyl (C=O) groups excluding carboxylic acids is 1. The summed E-state index contributed by atoms with van der Waals surface area (Å²) in [5.41, 5.74) is 5.97. The highest BCUT2D eigenvalue weighted by Gasteiger charge is 2.30. The highest BCUT2D eigenvalue weighted by Crippen LogP contribution is 2.37. The van der Waals surface area contributed by atoms with Crippen LogP contribution in [0, 0.1) is 13.8 Å². The Morgan fingerprint density at radius 2 is 1.92 bits per heavy atom. The smallest absolute Gasteiger partial charge is 0.176 e. The summed E-state index contributed by atoms with van der Waals surface area (Å²) in [4.78, 5) is 15.8. The number of rotatable bonds is 6. The van der Waals surface area contributed by atoms with Crippen molar-refractivity contribution in [1.29, 1.82) is 0 Å². The number of fused-ring (bicyclic) bond motifs is 2. The normalized spacial score (nSPS) is 16.5. The Morgan fingerprint density at radius 3 is 2.68 bits per heavy atom. The van der Waals surface area contributed by atoms with E-state index in [1.807, 2.05) is 36.4 Å². The molecule has 6 rings (SSSR count). The van der Waals surface area contributed by atoms with Crippen molar-refractivity contribution in [3.05, 3.63) is 123 Å². The quantitative estimate of drug-likeness (QED) is 0.251. The van der Waals surface area contributed by atoms with Crippen LogP contribution in [-0.2, 0) is 6.42 Å². The molecule has 2 aromatic heterocycles. The third kappa shape index (κ3) is 4.45. The van der Waals surface area contributed by atoms with E-state index in [1.165, 1.54) is 11.1 Å². The summed E-state index contributed by atoms with van der Waals surface area (Å²) in [5.74, 6) is 0.957. The highest BCUT2D eigenvalue weighted by molar-refractivity contribution is 6.30. The minimum Gasteiger partial charge on any atom is -0.458 e. The number of Topliss-reactive ketones (excluding diaryl/α,β-unsaturated/α-hetero) is 1. The number of carbonyl (C=O) groups is 1. The molecule has 0 spiro atoms. The molecular formula is C31H27ClN2O4. The van der Waals surface area contributed by atoms with Crippen LogP contribution in [0.3, 0.4) is 0 Å². The van der Waals surface area contributed by atoms with Crippen LogP contribution in [0.4, 0.5) is 0 Å². The number of furan rings is 1. The van der Waals surface area contributed by atoms with Crippen molar-refractivity contribution < 1.29 is 18.8 Å². The number of aromatic nitrogens is 1. The number of aryl methyl sites for hydroxylation is 2. The van der Waals surface area contributed by atoms with Crippen LogP contribution in [0.2, 0.25) is 5.02 Å². The highest BCUT2D eigenvalue weighted by atomic mass is 35.5. The van der Waals surface area contributed by atoms with Gasteiger partial charge < -0.3 is 14.0 Å². The lowest BCUT2D eigenvalue weighted by Crippen LogP contribution is -2.39. The van der Waals surface area contributed by atoms with E-state index in [0.29, 0.717) is 33.9 Å². The monoisotopic (exact) mass is 526 g/mol. The fourth-order valence-corrected chi connectivity index (χ4v) is 5.71. The molecule has 1 aliphatic rings. The van der Waals surface area contributed by atoms with Gasteiger partial charge in [-0.1, -0.05) is 53.2 Å². The molecule has 5 aromatic rings. The predicted octanol–water partition coefficient (Wildman–Crippen LogP) is 6.60. The number of hydrogen-bond donors (Lipinski definition) is 1. The van der Waals surface area contributed by atoms with E-state index in [0.717, 1.165) is 28.9 Å². The van der Waals surface area contributed by atoms with Gasteiger partial charge in [-0.15, -0.1) is 0 Å². The molecule has 3 heterocycles. The Balaban J connectivity index is 1.28. The summed E-state index contributed by atoms with van der Waals surface area (Å²) in [6.45, 7) is 4.57. The van der Waals surface area contributed by atoms with Crippen LogP contribution in [0.15, 0.2) is 81.7 Å². The number of hydrogen-bond acceptors (Lipinski definition) is 6. The first-order chi connectivity index (χ1) is 18.4. The number of aliphatic hydroxyl groups excluding tert-OH is 1. The van der Waals surface area contributed by atoms with E-state index < -0.39 is 6.10 Å². The van der Waals surface area contributed by atoms with Crippen molar-refractivity contribution in [3.8, 4) is 0 Å². The van der Waals surface area contributed by atoms with E-state index in [9.17, 15) is 9.90 Å². The van der Waals surface area contributed by atoms with Gasteiger partial charge in [-0.05, 0) is 73.4 Å². The zero-order valence-corrected chi connectivity index (χ0v) is 21.9. The van der Waals surface area contributed by atoms with E-state index in [2.05, 4.69) is 28.3 Å². The van der Waals surface area contributed by atoms with Crippen LogP contribution in [0.25, 0.3) is 11.0 Å². The van der Waals surface area contributed by atoms with Gasteiger partial charge in [-0.2, -0.15) is 0 Å². The molecule has 2 atom stereocenters. The molecule has 1 aliphatic heterocycles. The van der Waals surface area contributed by atoms with Gasteiger partial charge >= 0.3 is 0 Å². The fraction of sp³-hybridized carbons (Fsp3) is 0.226. The second-order valence-corrected chi connectivity index (χ2v) is 10.3. The standard InChI is InChI=1S/C31H27ClN2O4/c1-18-29(19(2)38-33-18)31(36)28-16-23-14-22(8-11-27(23)37-28)26(35)17-34-13-12-21-15-24(32)9-10-25(21)30(34)20-6-4-3-5-7-20/h3-11,14-16,30-31,36H,12-13,17H2,1-2H3. The SMILES string of the molecule is Cc1noc(C)c1C(O)c1cc2cc(C(=O)CN3CCc4cc(Cl)ccc4C3c3ccccc3)ccc2o1. The molecule has 7 heteroatoms. The Kier molecular flexibility index (Phi) is 6.40. The van der Waals surface area contributed by atoms with Gasteiger partial charge in [-0.3, -0.25) is 9.69 Å². The van der Waals surface area contributed by atoms with Crippen LogP contribution in [-0.4, -0.2) is 34.0 Å². The van der Waals surface area contributed by atoms with E-state index in [4.69, 9.17) is 20.5 Å². The number of nitrogens with zero attached hydrogens (tertiary/aromatic N) is 2. The zero-order valence-electron chi connectivity index (χ0n) is 21.1. The van der Waals surface area contributed by atoms with Crippen LogP contribution >= 0.6 is 11.6 Å². The molecule has 0 saturated carbocycles. The Hall–Kier alpha value is -3.71. The lowest BCUT2D eigenvalue weighted by atomic mass is 9.88. The summed E-state index contributed by atoms with van der Waals surface area (Å²) in [6.07, 6.45) is -0.169. The third-order valence-electron chi connectivity index (χ3n) is 7.38. The maximum Gasteiger partial charge on any atom is 0.176 e. The van der Waals surface area contributed by atoms with Crippen molar-refractivity contribution >= 4 is 28.4 Å². The van der Waals surface area contributed by atoms with Crippen molar-refractivity contribution in [3.63, 3.8) is 0 Å². The average Bonchev–Trinajstić information content (AvgIpc) is 3.50. The van der Waals surface area contributed by atoms with Crippen LogP contribution < -0.4 is 0 Å². The van der Waals surface area contributed by atoms with Crippen molar-refractivity contribution in [1.82, 2.24) is 10.1 Å². The predicted molar refractivity (Wildman–Crippen MR) is 146 cm³/mol. The molecule has 192 valence electrons. The fourth-order valence-electron chi connectivity index (χ4n) is 5.51. The first kappa shape index (κ1) is 24.6. The van der Waals surface area contributed by atoms with E-state index >= 15 is 0 Å². The summed E-state index contributed by atoms with van der Waals surface area (Å²) in [7, 11) is 0. The maximum absolute atomic E-state index is 13.6. The molecule has 0 aliphatic carbocycles. The van der Waals surface area contributed by atoms with Crippen molar-refractivity contribution in [2.75, 3.05) is 13.1 Å². The summed E-state index contributed by atoms with van der Waals surface area (Å²) in [5, 5.41) is 16.3. The number of halogens is 1. The van der Waals surface area contributed by atoms with Crippen LogP contribution in [0.1, 0.15) is 62.0 Å². The molecular weight excluding hydrogens is 500 g/mol. The van der Waals surface area contributed by atoms with Gasteiger partial charge in [0.1, 0.15) is 23.2 Å². The Bertz CT molecular complexity index is 1620. The number of ketones is 1. The first-order valence-corrected chi connectivity index (χ1v) is 13.0. The molecule has 1 N–H and O–H groups in total. The van der Waals surface area contributed by atoms with E-state index in [-0.39, 0.29) is 18.4 Å². The van der Waals surface area contributed by atoms with Crippen molar-refractivity contribution in [2.45, 2.75) is 32.4 Å². The number of benzene rings is 3. The summed E-state index contributed by atoms with van der Waals surface area (Å²) >= 11 is 6.29. The van der Waals surface area contributed by atoms with Gasteiger partial charge in [0.2, 0.25) is 0 Å². The third-order valence-corrected chi connectivity index (χ3v) is 7.62. The van der Waals surface area contributed by atoms with Gasteiger partial charge in [0.05, 0.1) is 23.8 Å². The minimum atomic E-state index is -0.999. The van der Waals surface area contributed by atoms with Crippen molar-refractivity contribution in [2.24, 2.45) is 0 Å². The Labute approximate surface area is 225 Å². The second kappa shape index (κ2) is 9.87. The first-order valence-electron chi connectivity index (χ1n) is 12.6. The second-order valence-electron chi connectivity index (χ2n) is 9.84. The average molecular weight is 527 g/mol. The molecule has 0 saturated heterocycles. The summed E-state index contributed by atoms with van der Waals surface area (Å²) < 4.78 is 11.1. The van der Waals surface area contributed by atoms with E-state index in [1.54, 1.807) is 32.0 Å². The van der Waals surface area contributed by atoms with Gasteiger partial charge in [0.15, 0.2) is 5.78 Å². The maximum atomic E-state index is 13.6. The zero-order chi connectivity index (χ0) is 26.4. The van der Waals surface area contributed by atoms with Gasteiger partial charge in [0.25, 0.3) is 0 Å². The number of aliphatic hydroxyl groups is 1. The minimum absolute atomic E-state index is 0.0271. The van der Waals surface area contributed by atoms with Crippen LogP contribution in [0.5, 0.6) is 0 Å². The molecule has 2 unspecified atom stereocenters. The molecule has 0 fully saturated rings. The molecule has 0 bridgehead atoms. The van der Waals surface area contributed by atoms with Gasteiger partial charge in [-0.25, -0.2) is 0 Å². The lowest BCUT2D eigenvalue weighted by Gasteiger charge is -2.37. The van der Waals surface area contributed by atoms with Gasteiger partial charge in [0, 0.05) is 22.5 Å². The summed E-state index contributed by atoms with van der Waals surface area (Å²) in [6, 6.07) is 23.5. The molecule has 3 aromatic carbocycles. The topological polar surface area (TPSA) is 79.7 Å². The molecule has 0 radical (unpaired) electrons. The molecule has 38 heavy (non-hydrogen) atoms. The molecule has 0 amide bonds. The molecule has 6 nitrogen and oxygen atoms in total.